The molecule has 88 valence electrons. The van der Waals surface area contributed by atoms with E-state index in [0.717, 1.165) is 25.9 Å². The van der Waals surface area contributed by atoms with Gasteiger partial charge in [0.25, 0.3) is 0 Å². The Balaban J connectivity index is 2.46. The molecule has 0 saturated carbocycles. The van der Waals surface area contributed by atoms with E-state index < -0.39 is 5.60 Å². The summed E-state index contributed by atoms with van der Waals surface area (Å²) >= 11 is 0. The summed E-state index contributed by atoms with van der Waals surface area (Å²) in [6.45, 7) is 5.10. The molecule has 1 aliphatic rings. The number of aliphatic hydroxyl groups excluding tert-OH is 1. The Bertz CT molecular complexity index is 208. The summed E-state index contributed by atoms with van der Waals surface area (Å²) in [7, 11) is 0. The van der Waals surface area contributed by atoms with Crippen molar-refractivity contribution >= 4 is 6.09 Å². The number of aliphatic hydroxyl groups is 1. The highest BCUT2D eigenvalue weighted by Gasteiger charge is 2.29. The van der Waals surface area contributed by atoms with Gasteiger partial charge in [0.1, 0.15) is 5.60 Å². The fourth-order valence-corrected chi connectivity index (χ4v) is 1.57. The van der Waals surface area contributed by atoms with Crippen molar-refractivity contribution in [1.82, 2.24) is 4.90 Å². The zero-order valence-corrected chi connectivity index (χ0v) is 9.66. The third kappa shape index (κ3) is 3.38. The van der Waals surface area contributed by atoms with Crippen LogP contribution in [0.15, 0.2) is 0 Å². The standard InChI is InChI=1S/C11H21NO3/c1-3-11(2,9-13)15-10(14)12-7-5-4-6-8-12/h13H,3-9H2,1-2H3. The third-order valence-corrected chi connectivity index (χ3v) is 3.03. The molecule has 0 aromatic heterocycles. The van der Waals surface area contributed by atoms with Gasteiger partial charge in [0.15, 0.2) is 0 Å². The van der Waals surface area contributed by atoms with Crippen LogP contribution in [-0.2, 0) is 4.74 Å². The number of hydrogen-bond acceptors (Lipinski definition) is 3. The lowest BCUT2D eigenvalue weighted by Gasteiger charge is -2.32. The molecule has 0 aromatic carbocycles. The van der Waals surface area contributed by atoms with Gasteiger partial charge in [-0.1, -0.05) is 6.92 Å². The minimum absolute atomic E-state index is 0.122. The monoisotopic (exact) mass is 215 g/mol. The van der Waals surface area contributed by atoms with E-state index in [2.05, 4.69) is 0 Å². The van der Waals surface area contributed by atoms with Gasteiger partial charge in [-0.25, -0.2) is 4.79 Å². The first-order chi connectivity index (χ1) is 7.11. The topological polar surface area (TPSA) is 49.8 Å². The van der Waals surface area contributed by atoms with E-state index in [9.17, 15) is 4.79 Å². The molecule has 4 nitrogen and oxygen atoms in total. The quantitative estimate of drug-likeness (QED) is 0.780. The highest BCUT2D eigenvalue weighted by Crippen LogP contribution is 2.18. The lowest BCUT2D eigenvalue weighted by molar-refractivity contribution is -0.0365. The van der Waals surface area contributed by atoms with E-state index in [0.29, 0.717) is 6.42 Å². The summed E-state index contributed by atoms with van der Waals surface area (Å²) in [5.41, 5.74) is -0.728. The van der Waals surface area contributed by atoms with Crippen molar-refractivity contribution in [3.8, 4) is 0 Å². The second-order valence-electron chi connectivity index (χ2n) is 4.38. The molecular formula is C11H21NO3. The highest BCUT2D eigenvalue weighted by molar-refractivity contribution is 5.68. The second kappa shape index (κ2) is 5.35. The predicted octanol–water partition coefficient (Wildman–Crippen LogP) is 1.77. The number of ether oxygens (including phenoxy) is 1. The van der Waals surface area contributed by atoms with E-state index in [1.807, 2.05) is 6.92 Å². The van der Waals surface area contributed by atoms with Crippen LogP contribution in [0.3, 0.4) is 0 Å². The maximum absolute atomic E-state index is 11.7. The summed E-state index contributed by atoms with van der Waals surface area (Å²) < 4.78 is 5.31. The molecule has 1 fully saturated rings. The number of hydrogen-bond donors (Lipinski definition) is 1. The lowest BCUT2D eigenvalue weighted by atomic mass is 10.1. The molecule has 1 heterocycles. The van der Waals surface area contributed by atoms with E-state index in [1.165, 1.54) is 6.42 Å². The van der Waals surface area contributed by atoms with Crippen molar-refractivity contribution in [2.24, 2.45) is 0 Å². The van der Waals surface area contributed by atoms with Crippen LogP contribution in [-0.4, -0.2) is 41.4 Å². The molecule has 15 heavy (non-hydrogen) atoms. The summed E-state index contributed by atoms with van der Waals surface area (Å²) in [6, 6.07) is 0. The summed E-state index contributed by atoms with van der Waals surface area (Å²) in [4.78, 5) is 13.5. The zero-order valence-electron chi connectivity index (χ0n) is 9.66. The first-order valence-corrected chi connectivity index (χ1v) is 5.70. The first kappa shape index (κ1) is 12.3. The predicted molar refractivity (Wildman–Crippen MR) is 57.7 cm³/mol. The average molecular weight is 215 g/mol. The van der Waals surface area contributed by atoms with Gasteiger partial charge in [-0.05, 0) is 32.6 Å². The molecule has 0 spiro atoms. The van der Waals surface area contributed by atoms with E-state index in [1.54, 1.807) is 11.8 Å². The third-order valence-electron chi connectivity index (χ3n) is 3.03. The Morgan fingerprint density at radius 2 is 2.00 bits per heavy atom. The van der Waals surface area contributed by atoms with Gasteiger partial charge in [0.05, 0.1) is 6.61 Å². The largest absolute Gasteiger partial charge is 0.441 e. The molecule has 0 aromatic rings. The number of rotatable bonds is 3. The zero-order chi connectivity index (χ0) is 11.3. The molecule has 1 aliphatic heterocycles. The number of piperidine rings is 1. The Morgan fingerprint density at radius 1 is 1.40 bits per heavy atom. The Morgan fingerprint density at radius 3 is 2.47 bits per heavy atom. The Labute approximate surface area is 91.2 Å². The normalized spacial score (nSPS) is 20.9. The number of carbonyl (C=O) groups excluding carboxylic acids is 1. The number of nitrogens with zero attached hydrogens (tertiary/aromatic N) is 1. The smallest absolute Gasteiger partial charge is 0.410 e. The Hall–Kier alpha value is -0.770. The molecule has 0 bridgehead atoms. The van der Waals surface area contributed by atoms with Gasteiger partial charge in [-0.15, -0.1) is 0 Å². The van der Waals surface area contributed by atoms with E-state index in [-0.39, 0.29) is 12.7 Å². The summed E-state index contributed by atoms with van der Waals surface area (Å²) in [5.74, 6) is 0. The van der Waals surface area contributed by atoms with Gasteiger partial charge in [-0.3, -0.25) is 0 Å². The van der Waals surface area contributed by atoms with Crippen molar-refractivity contribution in [2.75, 3.05) is 19.7 Å². The maximum Gasteiger partial charge on any atom is 0.410 e. The molecule has 1 unspecified atom stereocenters. The summed E-state index contributed by atoms with van der Waals surface area (Å²) in [6.07, 6.45) is 3.64. The van der Waals surface area contributed by atoms with Gasteiger partial charge < -0.3 is 14.7 Å². The molecule has 1 saturated heterocycles. The average Bonchev–Trinajstić information content (AvgIpc) is 2.30. The van der Waals surface area contributed by atoms with Crippen LogP contribution in [0.25, 0.3) is 0 Å². The SMILES string of the molecule is CCC(C)(CO)OC(=O)N1CCCCC1. The van der Waals surface area contributed by atoms with Crippen molar-refractivity contribution in [3.05, 3.63) is 0 Å². The fraction of sp³-hybridized carbons (Fsp3) is 0.909. The van der Waals surface area contributed by atoms with Crippen LogP contribution in [0.5, 0.6) is 0 Å². The number of carbonyl (C=O) groups is 1. The molecule has 4 heteroatoms. The van der Waals surface area contributed by atoms with Crippen LogP contribution in [0.1, 0.15) is 39.5 Å². The van der Waals surface area contributed by atoms with Crippen LogP contribution in [0, 0.1) is 0 Å². The van der Waals surface area contributed by atoms with Crippen molar-refractivity contribution in [1.29, 1.82) is 0 Å². The van der Waals surface area contributed by atoms with Crippen LogP contribution in [0.4, 0.5) is 4.79 Å². The van der Waals surface area contributed by atoms with Crippen molar-refractivity contribution in [2.45, 2.75) is 45.1 Å². The molecule has 1 N–H and O–H groups in total. The van der Waals surface area contributed by atoms with Gasteiger partial charge in [0, 0.05) is 13.1 Å². The van der Waals surface area contributed by atoms with E-state index in [4.69, 9.17) is 9.84 Å². The van der Waals surface area contributed by atoms with Gasteiger partial charge in [-0.2, -0.15) is 0 Å². The highest BCUT2D eigenvalue weighted by atomic mass is 16.6. The van der Waals surface area contributed by atoms with E-state index >= 15 is 0 Å². The fourth-order valence-electron chi connectivity index (χ4n) is 1.57. The van der Waals surface area contributed by atoms with Gasteiger partial charge >= 0.3 is 6.09 Å². The maximum atomic E-state index is 11.7. The second-order valence-corrected chi connectivity index (χ2v) is 4.38. The molecule has 0 radical (unpaired) electrons. The van der Waals surface area contributed by atoms with Crippen LogP contribution in [0.2, 0.25) is 0 Å². The first-order valence-electron chi connectivity index (χ1n) is 5.70. The number of amides is 1. The Kier molecular flexibility index (Phi) is 4.39. The molecule has 1 rings (SSSR count). The van der Waals surface area contributed by atoms with Crippen LogP contribution < -0.4 is 0 Å². The minimum atomic E-state index is -0.728. The van der Waals surface area contributed by atoms with Crippen molar-refractivity contribution < 1.29 is 14.6 Å². The number of likely N-dealkylation sites (tertiary alicyclic amines) is 1. The molecular weight excluding hydrogens is 194 g/mol. The van der Waals surface area contributed by atoms with Gasteiger partial charge in [0.2, 0.25) is 0 Å². The molecule has 0 aliphatic carbocycles. The summed E-state index contributed by atoms with van der Waals surface area (Å²) in [5, 5.41) is 9.14. The van der Waals surface area contributed by atoms with Crippen LogP contribution >= 0.6 is 0 Å². The molecule has 1 atom stereocenters. The van der Waals surface area contributed by atoms with Crippen molar-refractivity contribution in [3.63, 3.8) is 0 Å². The minimum Gasteiger partial charge on any atom is -0.441 e. The molecule has 1 amide bonds. The lowest BCUT2D eigenvalue weighted by Crippen LogP contribution is -2.43.